The zero-order valence-electron chi connectivity index (χ0n) is 27.4. The van der Waals surface area contributed by atoms with Gasteiger partial charge in [-0.05, 0) is 68.8 Å². The van der Waals surface area contributed by atoms with E-state index >= 15 is 0 Å². The molecule has 4 N–H and O–H groups in total. The van der Waals surface area contributed by atoms with Crippen LogP contribution in [0.1, 0.15) is 27.3 Å². The van der Waals surface area contributed by atoms with E-state index in [0.717, 1.165) is 5.56 Å². The fraction of sp³-hybridized carbons (Fsp3) is 0.212. The summed E-state index contributed by atoms with van der Waals surface area (Å²) >= 11 is 0. The third-order valence-electron chi connectivity index (χ3n) is 6.45. The molecule has 1 saturated heterocycles. The lowest BCUT2D eigenvalue weighted by Crippen LogP contribution is -2.39. The van der Waals surface area contributed by atoms with Crippen LogP contribution in [0.3, 0.4) is 0 Å². The molecule has 1 aromatic heterocycles. The molecule has 0 unspecified atom stereocenters. The second-order valence-electron chi connectivity index (χ2n) is 10.6. The van der Waals surface area contributed by atoms with Crippen LogP contribution in [0.5, 0.6) is 5.75 Å². The minimum Gasteiger partial charge on any atom is -0.454 e. The standard InChI is InChI=1S/C17H18N4O6S.C16H16N2O4/c1-10-7-11(2)19-16(18-10)20-17(23)21-28(24,25)14-6-4-3-5-13(14)15(22)27-12-8-26-9-12;1-11-5-3-6-12(9-11)18-16(20)22-14-8-4-7-13(10-14)17-15(19)21-2/h3-7,12H,8-9H2,1-2H3,(H2,18,19,20,21,23);3-10H,1-2H3,(H,17,19)(H,18,20). The van der Waals surface area contributed by atoms with E-state index in [1.807, 2.05) is 29.8 Å². The van der Waals surface area contributed by atoms with Crippen molar-refractivity contribution in [2.75, 3.05) is 36.3 Å². The summed E-state index contributed by atoms with van der Waals surface area (Å²) in [5, 5.41) is 7.38. The Hall–Kier alpha value is -6.07. The molecule has 17 heteroatoms. The summed E-state index contributed by atoms with van der Waals surface area (Å²) in [5.41, 5.74) is 3.18. The van der Waals surface area contributed by atoms with Gasteiger partial charge in [-0.2, -0.15) is 0 Å². The number of amides is 4. The van der Waals surface area contributed by atoms with Crippen LogP contribution in [0.15, 0.2) is 83.8 Å². The molecule has 0 spiro atoms. The van der Waals surface area contributed by atoms with Gasteiger partial charge in [0.25, 0.3) is 10.0 Å². The number of rotatable bonds is 8. The van der Waals surface area contributed by atoms with Crippen molar-refractivity contribution in [3.05, 3.63) is 101 Å². The number of nitrogens with one attached hydrogen (secondary N) is 4. The highest BCUT2D eigenvalue weighted by molar-refractivity contribution is 7.90. The molecular formula is C33H34N6O10S. The van der Waals surface area contributed by atoms with Crippen LogP contribution in [0, 0.1) is 20.8 Å². The Kier molecular flexibility index (Phi) is 12.4. The van der Waals surface area contributed by atoms with Crippen molar-refractivity contribution in [3.8, 4) is 5.75 Å². The fourth-order valence-electron chi connectivity index (χ4n) is 4.23. The lowest BCUT2D eigenvalue weighted by molar-refractivity contribution is -0.103. The van der Waals surface area contributed by atoms with Gasteiger partial charge in [-0.15, -0.1) is 0 Å². The summed E-state index contributed by atoms with van der Waals surface area (Å²) in [7, 11) is -3.08. The van der Waals surface area contributed by atoms with Gasteiger partial charge in [-0.1, -0.05) is 30.3 Å². The summed E-state index contributed by atoms with van der Waals surface area (Å²) in [6.45, 7) is 5.87. The lowest BCUT2D eigenvalue weighted by atomic mass is 10.2. The SMILES string of the molecule is COC(=O)Nc1cccc(OC(=O)Nc2cccc(C)c2)c1.Cc1cc(C)nc(NC(=O)NS(=O)(=O)c2ccccc2C(=O)OC2COC2)n1. The highest BCUT2D eigenvalue weighted by atomic mass is 32.2. The summed E-state index contributed by atoms with van der Waals surface area (Å²) in [6, 6.07) is 19.9. The Morgan fingerprint density at radius 2 is 1.42 bits per heavy atom. The molecule has 1 aliphatic heterocycles. The molecule has 5 rings (SSSR count). The van der Waals surface area contributed by atoms with Crippen molar-refractivity contribution in [3.63, 3.8) is 0 Å². The van der Waals surface area contributed by atoms with Gasteiger partial charge in [0.15, 0.2) is 0 Å². The first-order valence-corrected chi connectivity index (χ1v) is 16.3. The van der Waals surface area contributed by atoms with Gasteiger partial charge in [0.1, 0.15) is 16.7 Å². The van der Waals surface area contributed by atoms with Crippen molar-refractivity contribution >= 4 is 51.5 Å². The van der Waals surface area contributed by atoms with Crippen molar-refractivity contribution in [1.29, 1.82) is 0 Å². The predicted octanol–water partition coefficient (Wildman–Crippen LogP) is 4.94. The van der Waals surface area contributed by atoms with Crippen molar-refractivity contribution in [1.82, 2.24) is 14.7 Å². The second kappa shape index (κ2) is 16.8. The average molecular weight is 707 g/mol. The molecule has 0 bridgehead atoms. The summed E-state index contributed by atoms with van der Waals surface area (Å²) in [6.07, 6.45) is -1.62. The molecule has 1 aliphatic rings. The predicted molar refractivity (Wildman–Crippen MR) is 181 cm³/mol. The second-order valence-corrected chi connectivity index (χ2v) is 12.3. The van der Waals surface area contributed by atoms with E-state index in [1.54, 1.807) is 44.2 Å². The number of anilines is 3. The number of ether oxygens (including phenoxy) is 4. The van der Waals surface area contributed by atoms with Crippen LogP contribution in [0.25, 0.3) is 0 Å². The Balaban J connectivity index is 0.000000232. The molecule has 0 atom stereocenters. The maximum atomic E-state index is 12.6. The monoisotopic (exact) mass is 706 g/mol. The number of hydrogen-bond acceptors (Lipinski definition) is 12. The van der Waals surface area contributed by atoms with Crippen LogP contribution in [0.2, 0.25) is 0 Å². The molecule has 4 amide bonds. The van der Waals surface area contributed by atoms with Gasteiger partial charge in [0.2, 0.25) is 5.95 Å². The van der Waals surface area contributed by atoms with Gasteiger partial charge in [0, 0.05) is 28.8 Å². The molecule has 16 nitrogen and oxygen atoms in total. The van der Waals surface area contributed by atoms with Gasteiger partial charge >= 0.3 is 24.2 Å². The quantitative estimate of drug-likeness (QED) is 0.179. The highest BCUT2D eigenvalue weighted by Crippen LogP contribution is 2.20. The van der Waals surface area contributed by atoms with Crippen molar-refractivity contribution in [2.45, 2.75) is 31.8 Å². The van der Waals surface area contributed by atoms with Crippen LogP contribution >= 0.6 is 0 Å². The largest absolute Gasteiger partial charge is 0.454 e. The van der Waals surface area contributed by atoms with E-state index in [9.17, 15) is 27.6 Å². The number of carbonyl (C=O) groups is 4. The van der Waals surface area contributed by atoms with Crippen LogP contribution in [-0.4, -0.2) is 69.0 Å². The first-order valence-electron chi connectivity index (χ1n) is 14.9. The first-order chi connectivity index (χ1) is 23.8. The summed E-state index contributed by atoms with van der Waals surface area (Å²) < 4.78 is 46.8. The van der Waals surface area contributed by atoms with Gasteiger partial charge in [0.05, 0.1) is 25.9 Å². The van der Waals surface area contributed by atoms with E-state index in [-0.39, 0.29) is 29.6 Å². The molecule has 4 aromatic rings. The third kappa shape index (κ3) is 11.0. The number of benzene rings is 3. The molecule has 2 heterocycles. The van der Waals surface area contributed by atoms with Gasteiger partial charge in [-0.25, -0.2) is 42.3 Å². The Bertz CT molecular complexity index is 1970. The Morgan fingerprint density at radius 1 is 0.780 bits per heavy atom. The smallest absolute Gasteiger partial charge is 0.417 e. The number of nitrogens with zero attached hydrogens (tertiary/aromatic N) is 2. The number of sulfonamides is 1. The maximum absolute atomic E-state index is 12.6. The van der Waals surface area contributed by atoms with E-state index in [4.69, 9.17) is 14.2 Å². The summed E-state index contributed by atoms with van der Waals surface area (Å²) in [4.78, 5) is 55.0. The van der Waals surface area contributed by atoms with Crippen LogP contribution < -0.4 is 25.4 Å². The molecule has 0 radical (unpaired) electrons. The minimum atomic E-state index is -4.35. The number of carbonyl (C=O) groups excluding carboxylic acids is 4. The topological polar surface area (TPSA) is 213 Å². The molecule has 0 saturated carbocycles. The molecule has 50 heavy (non-hydrogen) atoms. The Morgan fingerprint density at radius 3 is 2.06 bits per heavy atom. The first kappa shape index (κ1) is 36.8. The maximum Gasteiger partial charge on any atom is 0.417 e. The van der Waals surface area contributed by atoms with E-state index < -0.39 is 40.3 Å². The van der Waals surface area contributed by atoms with E-state index in [1.165, 1.54) is 37.4 Å². The minimum absolute atomic E-state index is 0.0390. The number of esters is 1. The normalized spacial score (nSPS) is 12.2. The molecule has 262 valence electrons. The van der Waals surface area contributed by atoms with Gasteiger partial charge in [-0.3, -0.25) is 16.0 Å². The van der Waals surface area contributed by atoms with E-state index in [2.05, 4.69) is 30.7 Å². The third-order valence-corrected chi connectivity index (χ3v) is 7.84. The Labute approximate surface area is 287 Å². The molecule has 0 aliphatic carbocycles. The van der Waals surface area contributed by atoms with Crippen molar-refractivity contribution in [2.24, 2.45) is 0 Å². The number of aromatic nitrogens is 2. The zero-order chi connectivity index (χ0) is 36.3. The molecule has 1 fully saturated rings. The number of aryl methyl sites for hydroxylation is 3. The van der Waals surface area contributed by atoms with E-state index in [0.29, 0.717) is 28.5 Å². The highest BCUT2D eigenvalue weighted by Gasteiger charge is 2.29. The van der Waals surface area contributed by atoms with Crippen LogP contribution in [0.4, 0.5) is 31.7 Å². The zero-order valence-corrected chi connectivity index (χ0v) is 28.2. The van der Waals surface area contributed by atoms with Crippen LogP contribution in [-0.2, 0) is 24.2 Å². The summed E-state index contributed by atoms with van der Waals surface area (Å²) in [5.74, 6) is -0.547. The number of urea groups is 1. The van der Waals surface area contributed by atoms with Gasteiger partial charge < -0.3 is 18.9 Å². The van der Waals surface area contributed by atoms with Crippen molar-refractivity contribution < 1.29 is 46.5 Å². The number of hydrogen-bond donors (Lipinski definition) is 4. The number of methoxy groups -OCH3 is 1. The average Bonchev–Trinajstić information content (AvgIpc) is 3.02. The molecule has 3 aromatic carbocycles. The lowest BCUT2D eigenvalue weighted by Gasteiger charge is -2.25. The molecular weight excluding hydrogens is 672 g/mol. The fourth-order valence-corrected chi connectivity index (χ4v) is 5.34.